The molecule has 0 spiro atoms. The van der Waals surface area contributed by atoms with E-state index >= 15 is 0 Å². The number of hydrogen-bond acceptors (Lipinski definition) is 3. The highest BCUT2D eigenvalue weighted by molar-refractivity contribution is 7.09. The largest absolute Gasteiger partial charge is 0.373 e. The summed E-state index contributed by atoms with van der Waals surface area (Å²) >= 11 is 1.69. The van der Waals surface area contributed by atoms with E-state index in [-0.39, 0.29) is 24.0 Å². The van der Waals surface area contributed by atoms with Crippen LogP contribution in [0.1, 0.15) is 29.4 Å². The molecule has 0 radical (unpaired) electrons. The van der Waals surface area contributed by atoms with Gasteiger partial charge in [0.15, 0.2) is 0 Å². The van der Waals surface area contributed by atoms with Crippen molar-refractivity contribution in [2.75, 3.05) is 13.2 Å². The Morgan fingerprint density at radius 1 is 1.29 bits per heavy atom. The number of amides is 2. The molecule has 4 nitrogen and oxygen atoms in total. The SMILES string of the molecule is O=C(NCCc1cccs1)N[C@H]1CCO[C@@H](c2ccc(F)cc2)C1. The Kier molecular flexibility index (Phi) is 5.82. The zero-order chi connectivity index (χ0) is 16.8. The maximum Gasteiger partial charge on any atom is 0.315 e. The summed E-state index contributed by atoms with van der Waals surface area (Å²) in [7, 11) is 0. The van der Waals surface area contributed by atoms with Crippen LogP contribution in [0, 0.1) is 5.82 Å². The summed E-state index contributed by atoms with van der Waals surface area (Å²) in [5.74, 6) is -0.255. The Hall–Kier alpha value is -1.92. The average molecular weight is 348 g/mol. The lowest BCUT2D eigenvalue weighted by atomic mass is 9.97. The second-order valence-corrected chi connectivity index (χ2v) is 6.89. The van der Waals surface area contributed by atoms with Crippen molar-refractivity contribution in [3.63, 3.8) is 0 Å². The number of benzene rings is 1. The van der Waals surface area contributed by atoms with Crippen LogP contribution in [-0.4, -0.2) is 25.2 Å². The van der Waals surface area contributed by atoms with Gasteiger partial charge in [0.05, 0.1) is 6.10 Å². The van der Waals surface area contributed by atoms with Gasteiger partial charge in [-0.1, -0.05) is 18.2 Å². The van der Waals surface area contributed by atoms with Crippen molar-refractivity contribution < 1.29 is 13.9 Å². The van der Waals surface area contributed by atoms with Crippen molar-refractivity contribution in [2.24, 2.45) is 0 Å². The maximum absolute atomic E-state index is 13.0. The lowest BCUT2D eigenvalue weighted by Crippen LogP contribution is -2.45. The standard InChI is InChI=1S/C18H21FN2O2S/c19-14-5-3-13(4-6-14)17-12-15(8-10-23-17)21-18(22)20-9-7-16-2-1-11-24-16/h1-6,11,15,17H,7-10,12H2,(H2,20,21,22)/t15-,17+/m0/s1. The lowest BCUT2D eigenvalue weighted by molar-refractivity contribution is 0.00224. The lowest BCUT2D eigenvalue weighted by Gasteiger charge is -2.30. The fraction of sp³-hybridized carbons (Fsp3) is 0.389. The molecular formula is C18H21FN2O2S. The molecule has 0 bridgehead atoms. The van der Waals surface area contributed by atoms with Gasteiger partial charge in [-0.25, -0.2) is 9.18 Å². The van der Waals surface area contributed by atoms with Crippen LogP contribution in [0.2, 0.25) is 0 Å². The Balaban J connectivity index is 1.44. The first-order valence-electron chi connectivity index (χ1n) is 8.14. The normalized spacial score (nSPS) is 20.5. The summed E-state index contributed by atoms with van der Waals surface area (Å²) in [6, 6.07) is 10.4. The van der Waals surface area contributed by atoms with Crippen LogP contribution in [-0.2, 0) is 11.2 Å². The van der Waals surface area contributed by atoms with Crippen molar-refractivity contribution in [1.29, 1.82) is 0 Å². The second kappa shape index (κ2) is 8.26. The van der Waals surface area contributed by atoms with Crippen LogP contribution in [0.5, 0.6) is 0 Å². The van der Waals surface area contributed by atoms with E-state index in [1.165, 1.54) is 17.0 Å². The summed E-state index contributed by atoms with van der Waals surface area (Å²) in [4.78, 5) is 13.3. The van der Waals surface area contributed by atoms with Crippen LogP contribution in [0.4, 0.5) is 9.18 Å². The molecule has 1 fully saturated rings. The van der Waals surface area contributed by atoms with E-state index in [0.717, 1.165) is 18.4 Å². The maximum atomic E-state index is 13.0. The fourth-order valence-electron chi connectivity index (χ4n) is 2.83. The van der Waals surface area contributed by atoms with Crippen LogP contribution in [0.15, 0.2) is 41.8 Å². The third-order valence-corrected chi connectivity index (χ3v) is 5.03. The van der Waals surface area contributed by atoms with Gasteiger partial charge >= 0.3 is 6.03 Å². The van der Waals surface area contributed by atoms with Gasteiger partial charge in [-0.3, -0.25) is 0 Å². The zero-order valence-corrected chi connectivity index (χ0v) is 14.2. The van der Waals surface area contributed by atoms with Gasteiger partial charge in [-0.2, -0.15) is 0 Å². The van der Waals surface area contributed by atoms with E-state index in [4.69, 9.17) is 4.74 Å². The van der Waals surface area contributed by atoms with Gasteiger partial charge < -0.3 is 15.4 Å². The highest BCUT2D eigenvalue weighted by Crippen LogP contribution is 2.28. The monoisotopic (exact) mass is 348 g/mol. The van der Waals surface area contributed by atoms with Crippen molar-refractivity contribution in [3.05, 3.63) is 58.0 Å². The van der Waals surface area contributed by atoms with Gasteiger partial charge in [0.1, 0.15) is 5.82 Å². The van der Waals surface area contributed by atoms with E-state index in [0.29, 0.717) is 19.6 Å². The summed E-state index contributed by atoms with van der Waals surface area (Å²) in [6.07, 6.45) is 2.23. The second-order valence-electron chi connectivity index (χ2n) is 5.86. The minimum absolute atomic E-state index is 0.0653. The number of urea groups is 1. The number of thiophene rings is 1. The molecule has 0 unspecified atom stereocenters. The Labute approximate surface area is 145 Å². The molecule has 1 saturated heterocycles. The molecule has 2 aromatic rings. The molecule has 3 rings (SSSR count). The highest BCUT2D eigenvalue weighted by atomic mass is 32.1. The van der Waals surface area contributed by atoms with E-state index in [2.05, 4.69) is 16.7 Å². The number of carbonyl (C=O) groups excluding carboxylic acids is 1. The predicted octanol–water partition coefficient (Wildman–Crippen LogP) is 3.65. The van der Waals surface area contributed by atoms with Gasteiger partial charge in [0.2, 0.25) is 0 Å². The van der Waals surface area contributed by atoms with Crippen LogP contribution in [0.3, 0.4) is 0 Å². The first kappa shape index (κ1) is 16.9. The van der Waals surface area contributed by atoms with E-state index in [1.807, 2.05) is 11.4 Å². The quantitative estimate of drug-likeness (QED) is 0.866. The zero-order valence-electron chi connectivity index (χ0n) is 13.3. The van der Waals surface area contributed by atoms with Crippen LogP contribution < -0.4 is 10.6 Å². The first-order chi connectivity index (χ1) is 11.7. The van der Waals surface area contributed by atoms with Crippen molar-refractivity contribution in [2.45, 2.75) is 31.4 Å². The van der Waals surface area contributed by atoms with Crippen molar-refractivity contribution >= 4 is 17.4 Å². The minimum Gasteiger partial charge on any atom is -0.373 e. The number of nitrogens with one attached hydrogen (secondary N) is 2. The van der Waals surface area contributed by atoms with Crippen molar-refractivity contribution in [3.8, 4) is 0 Å². The Morgan fingerprint density at radius 3 is 2.88 bits per heavy atom. The number of hydrogen-bond donors (Lipinski definition) is 2. The van der Waals surface area contributed by atoms with E-state index in [9.17, 15) is 9.18 Å². The number of ether oxygens (including phenoxy) is 1. The summed E-state index contributed by atoms with van der Waals surface area (Å²) in [6.45, 7) is 1.21. The minimum atomic E-state index is -0.255. The molecule has 1 aromatic carbocycles. The number of halogens is 1. The molecule has 1 aliphatic rings. The third kappa shape index (κ3) is 4.79. The van der Waals surface area contributed by atoms with Gasteiger partial charge in [0, 0.05) is 24.1 Å². The third-order valence-electron chi connectivity index (χ3n) is 4.10. The van der Waals surface area contributed by atoms with Crippen molar-refractivity contribution in [1.82, 2.24) is 10.6 Å². The molecule has 2 N–H and O–H groups in total. The average Bonchev–Trinajstić information content (AvgIpc) is 3.09. The van der Waals surface area contributed by atoms with E-state index in [1.54, 1.807) is 23.5 Å². The van der Waals surface area contributed by atoms with Gasteiger partial charge in [0.25, 0.3) is 0 Å². The Bertz CT molecular complexity index is 646. The molecule has 2 amide bonds. The predicted molar refractivity (Wildman–Crippen MR) is 92.7 cm³/mol. The smallest absolute Gasteiger partial charge is 0.315 e. The molecule has 128 valence electrons. The Morgan fingerprint density at radius 2 is 2.12 bits per heavy atom. The molecule has 2 heterocycles. The molecule has 0 saturated carbocycles. The van der Waals surface area contributed by atoms with Crippen LogP contribution >= 0.6 is 11.3 Å². The topological polar surface area (TPSA) is 50.4 Å². The first-order valence-corrected chi connectivity index (χ1v) is 9.02. The summed E-state index contributed by atoms with van der Waals surface area (Å²) in [5, 5.41) is 7.94. The highest BCUT2D eigenvalue weighted by Gasteiger charge is 2.25. The molecule has 24 heavy (non-hydrogen) atoms. The van der Waals surface area contributed by atoms with Crippen LogP contribution in [0.25, 0.3) is 0 Å². The van der Waals surface area contributed by atoms with Gasteiger partial charge in [-0.15, -0.1) is 11.3 Å². The molecule has 2 atom stereocenters. The molecule has 0 aliphatic carbocycles. The fourth-order valence-corrected chi connectivity index (χ4v) is 3.54. The number of rotatable bonds is 5. The molecule has 1 aromatic heterocycles. The molecule has 1 aliphatic heterocycles. The van der Waals surface area contributed by atoms with E-state index < -0.39 is 0 Å². The molecule has 6 heteroatoms. The van der Waals surface area contributed by atoms with Gasteiger partial charge in [-0.05, 0) is 48.4 Å². The number of carbonyl (C=O) groups is 1. The summed E-state index contributed by atoms with van der Waals surface area (Å²) < 4.78 is 18.8. The summed E-state index contributed by atoms with van der Waals surface area (Å²) in [5.41, 5.74) is 0.945. The molecular weight excluding hydrogens is 327 g/mol.